The van der Waals surface area contributed by atoms with Gasteiger partial charge >= 0.3 is 12.2 Å². The highest BCUT2D eigenvalue weighted by molar-refractivity contribution is 5.89. The number of hydrogen-bond donors (Lipinski definition) is 1. The fourth-order valence-corrected chi connectivity index (χ4v) is 1.91. The van der Waals surface area contributed by atoms with E-state index in [2.05, 4.69) is 10.3 Å². The van der Waals surface area contributed by atoms with Gasteiger partial charge in [-0.1, -0.05) is 0 Å². The summed E-state index contributed by atoms with van der Waals surface area (Å²) in [5.74, 6) is -1.74. The number of benzene rings is 1. The molecule has 1 heterocycles. The van der Waals surface area contributed by atoms with Crippen molar-refractivity contribution in [3.8, 4) is 0 Å². The molecule has 0 saturated heterocycles. The lowest BCUT2D eigenvalue weighted by atomic mass is 10.3. The lowest BCUT2D eigenvalue weighted by Crippen LogP contribution is -2.32. The van der Waals surface area contributed by atoms with Crippen molar-refractivity contribution in [2.45, 2.75) is 19.3 Å². The lowest BCUT2D eigenvalue weighted by molar-refractivity contribution is -0.141. The van der Waals surface area contributed by atoms with Crippen LogP contribution in [-0.2, 0) is 13.1 Å². The van der Waals surface area contributed by atoms with Gasteiger partial charge in [-0.15, -0.1) is 0 Å². The topological polar surface area (TPSA) is 50.2 Å². The minimum absolute atomic E-state index is 0.0181. The highest BCUT2D eigenvalue weighted by atomic mass is 19.4. The second-order valence-electron chi connectivity index (χ2n) is 5.00. The summed E-state index contributed by atoms with van der Waals surface area (Å²) in [5, 5.41) is 2.20. The second-order valence-corrected chi connectivity index (χ2v) is 5.00. The zero-order chi connectivity index (χ0) is 17.9. The van der Waals surface area contributed by atoms with Gasteiger partial charge in [0.15, 0.2) is 0 Å². The first-order valence-electron chi connectivity index (χ1n) is 6.69. The number of carbonyl (C=O) groups is 1. The molecule has 0 aliphatic heterocycles. The smallest absolute Gasteiger partial charge is 0.324 e. The Labute approximate surface area is 133 Å². The van der Waals surface area contributed by atoms with Gasteiger partial charge in [-0.05, 0) is 12.1 Å². The van der Waals surface area contributed by atoms with Crippen LogP contribution < -0.4 is 5.32 Å². The Morgan fingerprint density at radius 1 is 1.33 bits per heavy atom. The van der Waals surface area contributed by atoms with Gasteiger partial charge < -0.3 is 14.8 Å². The number of halogens is 5. The van der Waals surface area contributed by atoms with E-state index in [1.165, 1.54) is 13.2 Å². The summed E-state index contributed by atoms with van der Waals surface area (Å²) < 4.78 is 64.5. The van der Waals surface area contributed by atoms with E-state index in [0.29, 0.717) is 6.07 Å². The monoisotopic (exact) mass is 348 g/mol. The second kappa shape index (κ2) is 6.85. The molecule has 24 heavy (non-hydrogen) atoms. The SMILES string of the molecule is CN(Cc1nccn1CC(F)(F)F)C(=O)Nc1ccc(F)cc1F. The quantitative estimate of drug-likeness (QED) is 0.861. The Kier molecular flexibility index (Phi) is 5.05. The molecule has 2 aromatic rings. The van der Waals surface area contributed by atoms with Crippen LogP contribution in [0.15, 0.2) is 30.6 Å². The van der Waals surface area contributed by atoms with Crippen LogP contribution in [0, 0.1) is 11.6 Å². The van der Waals surface area contributed by atoms with Crippen molar-refractivity contribution >= 4 is 11.7 Å². The van der Waals surface area contributed by atoms with Crippen molar-refractivity contribution < 1.29 is 26.7 Å². The van der Waals surface area contributed by atoms with Crippen molar-refractivity contribution in [3.63, 3.8) is 0 Å². The first kappa shape index (κ1) is 17.7. The zero-order valence-electron chi connectivity index (χ0n) is 12.4. The Bertz CT molecular complexity index is 728. The van der Waals surface area contributed by atoms with E-state index < -0.39 is 30.4 Å². The first-order chi connectivity index (χ1) is 11.2. The summed E-state index contributed by atoms with van der Waals surface area (Å²) in [6, 6.07) is 1.84. The van der Waals surface area contributed by atoms with Crippen LogP contribution in [0.25, 0.3) is 0 Å². The average Bonchev–Trinajstić information content (AvgIpc) is 2.86. The molecule has 0 unspecified atom stereocenters. The zero-order valence-corrected chi connectivity index (χ0v) is 12.4. The third-order valence-corrected chi connectivity index (χ3v) is 3.05. The van der Waals surface area contributed by atoms with Crippen LogP contribution in [0.1, 0.15) is 5.82 Å². The predicted molar refractivity (Wildman–Crippen MR) is 75.1 cm³/mol. The molecule has 130 valence electrons. The molecule has 0 saturated carbocycles. The molecule has 0 aliphatic carbocycles. The minimum Gasteiger partial charge on any atom is -0.324 e. The normalized spacial score (nSPS) is 11.4. The van der Waals surface area contributed by atoms with Crippen LogP contribution in [0.4, 0.5) is 32.4 Å². The van der Waals surface area contributed by atoms with Crippen molar-refractivity contribution in [1.29, 1.82) is 0 Å². The van der Waals surface area contributed by atoms with Gasteiger partial charge in [0.1, 0.15) is 24.0 Å². The van der Waals surface area contributed by atoms with E-state index in [1.54, 1.807) is 0 Å². The van der Waals surface area contributed by atoms with E-state index >= 15 is 0 Å². The van der Waals surface area contributed by atoms with Crippen molar-refractivity contribution in [1.82, 2.24) is 14.5 Å². The molecule has 10 heteroatoms. The predicted octanol–water partition coefficient (Wildman–Crippen LogP) is 3.39. The standard InChI is InChI=1S/C14H13F5N4O/c1-22(7-12-20-4-5-23(12)8-14(17,18)19)13(24)21-11-3-2-9(15)6-10(11)16/h2-6H,7-8H2,1H3,(H,21,24). The van der Waals surface area contributed by atoms with E-state index in [-0.39, 0.29) is 18.1 Å². The fraction of sp³-hybridized carbons (Fsp3) is 0.286. The molecule has 0 bridgehead atoms. The number of nitrogens with one attached hydrogen (secondary N) is 1. The van der Waals surface area contributed by atoms with Crippen molar-refractivity contribution in [2.24, 2.45) is 0 Å². The first-order valence-corrected chi connectivity index (χ1v) is 6.69. The van der Waals surface area contributed by atoms with Crippen LogP contribution in [0.5, 0.6) is 0 Å². The molecule has 5 nitrogen and oxygen atoms in total. The van der Waals surface area contributed by atoms with Crippen LogP contribution >= 0.6 is 0 Å². The summed E-state index contributed by atoms with van der Waals surface area (Å²) >= 11 is 0. The fourth-order valence-electron chi connectivity index (χ4n) is 1.91. The molecule has 1 N–H and O–H groups in total. The number of hydrogen-bond acceptors (Lipinski definition) is 2. The summed E-state index contributed by atoms with van der Waals surface area (Å²) in [4.78, 5) is 16.8. The Balaban J connectivity index is 2.03. The molecule has 0 fully saturated rings. The van der Waals surface area contributed by atoms with Crippen LogP contribution in [0.2, 0.25) is 0 Å². The van der Waals surface area contributed by atoms with E-state index in [0.717, 1.165) is 27.8 Å². The molecule has 0 atom stereocenters. The third kappa shape index (κ3) is 4.67. The van der Waals surface area contributed by atoms with Crippen LogP contribution in [-0.4, -0.2) is 33.7 Å². The Morgan fingerprint density at radius 3 is 2.67 bits per heavy atom. The maximum atomic E-state index is 13.5. The van der Waals surface area contributed by atoms with Crippen LogP contribution in [0.3, 0.4) is 0 Å². The summed E-state index contributed by atoms with van der Waals surface area (Å²) in [5.41, 5.74) is -0.244. The Morgan fingerprint density at radius 2 is 2.04 bits per heavy atom. The molecular formula is C14H13F5N4O. The van der Waals surface area contributed by atoms with E-state index in [9.17, 15) is 26.7 Å². The van der Waals surface area contributed by atoms with Gasteiger partial charge in [-0.3, -0.25) is 0 Å². The number of urea groups is 1. The largest absolute Gasteiger partial charge is 0.406 e. The van der Waals surface area contributed by atoms with E-state index in [1.807, 2.05) is 0 Å². The summed E-state index contributed by atoms with van der Waals surface area (Å²) in [6.45, 7) is -1.46. The third-order valence-electron chi connectivity index (χ3n) is 3.05. The molecular weight excluding hydrogens is 335 g/mol. The van der Waals surface area contributed by atoms with Gasteiger partial charge in [0, 0.05) is 25.5 Å². The van der Waals surface area contributed by atoms with Gasteiger partial charge in [0.25, 0.3) is 0 Å². The molecule has 1 aromatic carbocycles. The number of imidazole rings is 1. The van der Waals surface area contributed by atoms with Gasteiger partial charge in [-0.2, -0.15) is 13.2 Å². The maximum absolute atomic E-state index is 13.5. The molecule has 2 amide bonds. The number of carbonyl (C=O) groups excluding carboxylic acids is 1. The molecule has 0 aliphatic rings. The molecule has 2 rings (SSSR count). The number of nitrogens with zero attached hydrogens (tertiary/aromatic N) is 3. The van der Waals surface area contributed by atoms with Crippen molar-refractivity contribution in [3.05, 3.63) is 48.1 Å². The number of aromatic nitrogens is 2. The number of amides is 2. The number of rotatable bonds is 4. The average molecular weight is 348 g/mol. The van der Waals surface area contributed by atoms with Gasteiger partial charge in [0.05, 0.1) is 12.2 Å². The summed E-state index contributed by atoms with van der Waals surface area (Å²) in [7, 11) is 1.31. The van der Waals surface area contributed by atoms with Crippen molar-refractivity contribution in [2.75, 3.05) is 12.4 Å². The Hall–Kier alpha value is -2.65. The van der Waals surface area contributed by atoms with E-state index in [4.69, 9.17) is 0 Å². The molecule has 0 spiro atoms. The van der Waals surface area contributed by atoms with Gasteiger partial charge in [-0.25, -0.2) is 18.6 Å². The minimum atomic E-state index is -4.42. The summed E-state index contributed by atoms with van der Waals surface area (Å²) in [6.07, 6.45) is -2.09. The molecule has 1 aromatic heterocycles. The lowest BCUT2D eigenvalue weighted by Gasteiger charge is -2.19. The number of anilines is 1. The highest BCUT2D eigenvalue weighted by Crippen LogP contribution is 2.19. The van der Waals surface area contributed by atoms with Gasteiger partial charge in [0.2, 0.25) is 0 Å². The molecule has 0 radical (unpaired) electrons. The number of alkyl halides is 3. The maximum Gasteiger partial charge on any atom is 0.406 e. The highest BCUT2D eigenvalue weighted by Gasteiger charge is 2.29.